The average molecular weight is 170 g/mol. The van der Waals surface area contributed by atoms with Gasteiger partial charge in [0.25, 0.3) is 0 Å². The molecule has 73 valence electrons. The monoisotopic (exact) mass is 170 g/mol. The first-order valence-corrected chi connectivity index (χ1v) is 5.20. The first kappa shape index (κ1) is 12.0. The Hall–Kier alpha value is -0.0400. The normalized spacial score (nSPS) is 16.0. The molecule has 0 aliphatic carbocycles. The van der Waals surface area contributed by atoms with E-state index in [1.165, 1.54) is 25.7 Å². The molecule has 0 fully saturated rings. The van der Waals surface area contributed by atoms with Gasteiger partial charge in [0.15, 0.2) is 0 Å². The van der Waals surface area contributed by atoms with Gasteiger partial charge in [-0.1, -0.05) is 46.0 Å². The van der Waals surface area contributed by atoms with Crippen LogP contribution in [0.4, 0.5) is 0 Å². The standard InChI is InChI=1S/C11H24N/c1-4-6-7-8-10-11(3,12)9-5-2/h2,4-10,12H2,1,3H3. The van der Waals surface area contributed by atoms with E-state index in [-0.39, 0.29) is 5.54 Å². The zero-order valence-corrected chi connectivity index (χ0v) is 8.73. The highest BCUT2D eigenvalue weighted by molar-refractivity contribution is 4.78. The fourth-order valence-electron chi connectivity index (χ4n) is 1.48. The van der Waals surface area contributed by atoms with Gasteiger partial charge in [-0.15, -0.1) is 0 Å². The Kier molecular flexibility index (Phi) is 6.45. The Bertz CT molecular complexity index is 97.2. The zero-order chi connectivity index (χ0) is 9.45. The smallest absolute Gasteiger partial charge is 0.0125 e. The second-order valence-electron chi connectivity index (χ2n) is 4.07. The minimum atomic E-state index is 0.0372. The van der Waals surface area contributed by atoms with Crippen molar-refractivity contribution in [2.24, 2.45) is 5.73 Å². The van der Waals surface area contributed by atoms with Crippen molar-refractivity contribution < 1.29 is 0 Å². The Balaban J connectivity index is 3.33. The third-order valence-electron chi connectivity index (χ3n) is 2.35. The van der Waals surface area contributed by atoms with Crippen molar-refractivity contribution in [3.63, 3.8) is 0 Å². The van der Waals surface area contributed by atoms with Crippen LogP contribution in [0.3, 0.4) is 0 Å². The minimum Gasteiger partial charge on any atom is -0.325 e. The molecule has 0 aromatic carbocycles. The first-order chi connectivity index (χ1) is 5.62. The van der Waals surface area contributed by atoms with E-state index >= 15 is 0 Å². The highest BCUT2D eigenvalue weighted by atomic mass is 14.7. The summed E-state index contributed by atoms with van der Waals surface area (Å²) in [6.45, 7) is 8.21. The molecule has 1 radical (unpaired) electrons. The molecule has 0 saturated carbocycles. The topological polar surface area (TPSA) is 26.0 Å². The van der Waals surface area contributed by atoms with E-state index in [1.807, 2.05) is 0 Å². The molecule has 0 spiro atoms. The summed E-state index contributed by atoms with van der Waals surface area (Å²) in [6, 6.07) is 0. The van der Waals surface area contributed by atoms with Crippen LogP contribution in [0.25, 0.3) is 0 Å². The molecular formula is C11H24N. The largest absolute Gasteiger partial charge is 0.325 e. The van der Waals surface area contributed by atoms with Crippen molar-refractivity contribution >= 4 is 0 Å². The Morgan fingerprint density at radius 2 is 1.83 bits per heavy atom. The minimum absolute atomic E-state index is 0.0372. The predicted molar refractivity (Wildman–Crippen MR) is 55.9 cm³/mol. The van der Waals surface area contributed by atoms with Crippen LogP contribution in [-0.4, -0.2) is 5.54 Å². The predicted octanol–water partition coefficient (Wildman–Crippen LogP) is 3.29. The molecule has 1 unspecified atom stereocenters. The average Bonchev–Trinajstić information content (AvgIpc) is 1.98. The molecule has 2 N–H and O–H groups in total. The number of hydrogen-bond acceptors (Lipinski definition) is 1. The quantitative estimate of drug-likeness (QED) is 0.583. The molecular weight excluding hydrogens is 146 g/mol. The van der Waals surface area contributed by atoms with Crippen molar-refractivity contribution in [1.29, 1.82) is 0 Å². The molecule has 1 atom stereocenters. The second-order valence-corrected chi connectivity index (χ2v) is 4.07. The van der Waals surface area contributed by atoms with Crippen molar-refractivity contribution in [1.82, 2.24) is 0 Å². The maximum atomic E-state index is 6.07. The first-order valence-electron chi connectivity index (χ1n) is 5.20. The van der Waals surface area contributed by atoms with E-state index in [0.717, 1.165) is 19.3 Å². The fraction of sp³-hybridized carbons (Fsp3) is 0.909. The highest BCUT2D eigenvalue weighted by Gasteiger charge is 2.15. The summed E-state index contributed by atoms with van der Waals surface area (Å²) in [6.07, 6.45) is 8.43. The van der Waals surface area contributed by atoms with E-state index in [0.29, 0.717) is 0 Å². The zero-order valence-electron chi connectivity index (χ0n) is 8.73. The van der Waals surface area contributed by atoms with Crippen LogP contribution in [0.15, 0.2) is 0 Å². The SMILES string of the molecule is [CH2]CCC(C)(N)CCCCCC. The lowest BCUT2D eigenvalue weighted by Crippen LogP contribution is -2.35. The van der Waals surface area contributed by atoms with Crippen molar-refractivity contribution in [3.05, 3.63) is 6.92 Å². The molecule has 0 aromatic heterocycles. The Morgan fingerprint density at radius 1 is 1.17 bits per heavy atom. The second kappa shape index (κ2) is 6.47. The molecule has 12 heavy (non-hydrogen) atoms. The number of hydrogen-bond donors (Lipinski definition) is 1. The van der Waals surface area contributed by atoms with Gasteiger partial charge in [-0.2, -0.15) is 0 Å². The van der Waals surface area contributed by atoms with Gasteiger partial charge in [0.2, 0.25) is 0 Å². The number of unbranched alkanes of at least 4 members (excludes halogenated alkanes) is 3. The fourth-order valence-corrected chi connectivity index (χ4v) is 1.48. The number of rotatable bonds is 7. The van der Waals surface area contributed by atoms with Gasteiger partial charge in [-0.05, 0) is 19.8 Å². The summed E-state index contributed by atoms with van der Waals surface area (Å²) >= 11 is 0. The summed E-state index contributed by atoms with van der Waals surface area (Å²) in [7, 11) is 0. The summed E-state index contributed by atoms with van der Waals surface area (Å²) in [5.41, 5.74) is 6.11. The highest BCUT2D eigenvalue weighted by Crippen LogP contribution is 2.17. The summed E-state index contributed by atoms with van der Waals surface area (Å²) in [4.78, 5) is 0. The van der Waals surface area contributed by atoms with E-state index < -0.39 is 0 Å². The molecule has 0 aromatic rings. The van der Waals surface area contributed by atoms with Gasteiger partial charge >= 0.3 is 0 Å². The van der Waals surface area contributed by atoms with Gasteiger partial charge in [0.05, 0.1) is 0 Å². The van der Waals surface area contributed by atoms with Gasteiger partial charge < -0.3 is 5.73 Å². The number of nitrogens with two attached hydrogens (primary N) is 1. The third kappa shape index (κ3) is 6.66. The summed E-state index contributed by atoms with van der Waals surface area (Å²) in [5, 5.41) is 0. The van der Waals surface area contributed by atoms with Gasteiger partial charge in [-0.25, -0.2) is 0 Å². The van der Waals surface area contributed by atoms with Crippen LogP contribution in [-0.2, 0) is 0 Å². The van der Waals surface area contributed by atoms with Crippen LogP contribution in [0.5, 0.6) is 0 Å². The Labute approximate surface area is 77.7 Å². The van der Waals surface area contributed by atoms with Gasteiger partial charge in [0.1, 0.15) is 0 Å². The van der Waals surface area contributed by atoms with E-state index in [1.54, 1.807) is 0 Å². The molecule has 0 saturated heterocycles. The molecule has 0 amide bonds. The van der Waals surface area contributed by atoms with E-state index in [9.17, 15) is 0 Å². The Morgan fingerprint density at radius 3 is 2.33 bits per heavy atom. The lowest BCUT2D eigenvalue weighted by atomic mass is 9.91. The van der Waals surface area contributed by atoms with Crippen LogP contribution < -0.4 is 5.73 Å². The molecule has 0 rings (SSSR count). The van der Waals surface area contributed by atoms with Crippen molar-refractivity contribution in [3.8, 4) is 0 Å². The van der Waals surface area contributed by atoms with Gasteiger partial charge in [0, 0.05) is 5.54 Å². The molecule has 0 aliphatic rings. The summed E-state index contributed by atoms with van der Waals surface area (Å²) < 4.78 is 0. The molecule has 0 heterocycles. The maximum Gasteiger partial charge on any atom is 0.0125 e. The maximum absolute atomic E-state index is 6.07. The van der Waals surface area contributed by atoms with Gasteiger partial charge in [-0.3, -0.25) is 0 Å². The lowest BCUT2D eigenvalue weighted by molar-refractivity contribution is 0.384. The molecule has 1 heteroatoms. The third-order valence-corrected chi connectivity index (χ3v) is 2.35. The van der Waals surface area contributed by atoms with Crippen LogP contribution in [0.2, 0.25) is 0 Å². The lowest BCUT2D eigenvalue weighted by Gasteiger charge is -2.23. The van der Waals surface area contributed by atoms with Crippen LogP contribution in [0, 0.1) is 6.92 Å². The molecule has 0 bridgehead atoms. The van der Waals surface area contributed by atoms with Crippen LogP contribution in [0.1, 0.15) is 58.8 Å². The molecule has 1 nitrogen and oxygen atoms in total. The van der Waals surface area contributed by atoms with E-state index in [4.69, 9.17) is 5.73 Å². The molecule has 0 aliphatic heterocycles. The van der Waals surface area contributed by atoms with E-state index in [2.05, 4.69) is 20.8 Å². The summed E-state index contributed by atoms with van der Waals surface area (Å²) in [5.74, 6) is 0. The van der Waals surface area contributed by atoms with Crippen LogP contribution >= 0.6 is 0 Å². The van der Waals surface area contributed by atoms with Crippen molar-refractivity contribution in [2.75, 3.05) is 0 Å². The van der Waals surface area contributed by atoms with Crippen molar-refractivity contribution in [2.45, 2.75) is 64.3 Å².